The first kappa shape index (κ1) is 19.4. The van der Waals surface area contributed by atoms with E-state index in [0.29, 0.717) is 0 Å². The standard InChI is InChI=1S/C32H20N4/c1-2-11-27-26(9-1)31-29(35(27)22-15-18-33-19-16-22)14-13-25-24-10-3-6-21-7-4-12-28(30(21)24)36(32(25)31)23-8-5-17-34-20-23/h1-20H. The van der Waals surface area contributed by atoms with Crippen LogP contribution in [0.15, 0.2) is 122 Å². The fraction of sp³-hybridized carbons (Fsp3) is 0. The number of aromatic nitrogens is 3. The molecule has 4 nitrogen and oxygen atoms in total. The number of pyridine rings is 2. The molecule has 0 fully saturated rings. The molecular weight excluding hydrogens is 440 g/mol. The van der Waals surface area contributed by atoms with E-state index in [9.17, 15) is 0 Å². The number of anilines is 3. The summed E-state index contributed by atoms with van der Waals surface area (Å²) in [7, 11) is 0. The Balaban J connectivity index is 1.60. The van der Waals surface area contributed by atoms with Gasteiger partial charge in [0.1, 0.15) is 0 Å². The number of hydrogen-bond donors (Lipinski definition) is 0. The van der Waals surface area contributed by atoms with Crippen LogP contribution in [0.25, 0.3) is 49.4 Å². The number of fused-ring (bicyclic) bond motifs is 6. The Hall–Kier alpha value is -4.96. The van der Waals surface area contributed by atoms with Crippen LogP contribution >= 0.6 is 0 Å². The van der Waals surface area contributed by atoms with E-state index in [0.717, 1.165) is 11.4 Å². The molecule has 1 aliphatic rings. The molecule has 7 aromatic rings. The third kappa shape index (κ3) is 2.53. The maximum absolute atomic E-state index is 4.49. The predicted molar refractivity (Wildman–Crippen MR) is 148 cm³/mol. The van der Waals surface area contributed by atoms with Gasteiger partial charge in [-0.05, 0) is 53.4 Å². The summed E-state index contributed by atoms with van der Waals surface area (Å²) in [6.45, 7) is 0. The van der Waals surface area contributed by atoms with Gasteiger partial charge in [0.05, 0.1) is 34.3 Å². The Morgan fingerprint density at radius 1 is 0.528 bits per heavy atom. The molecule has 0 saturated heterocycles. The molecule has 4 heteroatoms. The van der Waals surface area contributed by atoms with E-state index in [2.05, 4.69) is 110 Å². The molecule has 0 unspecified atom stereocenters. The smallest absolute Gasteiger partial charge is 0.0645 e. The summed E-state index contributed by atoms with van der Waals surface area (Å²) in [6, 6.07) is 34.7. The van der Waals surface area contributed by atoms with Gasteiger partial charge in [0, 0.05) is 46.0 Å². The Morgan fingerprint density at radius 3 is 2.25 bits per heavy atom. The Labute approximate surface area is 207 Å². The average Bonchev–Trinajstić information content (AvgIpc) is 3.29. The van der Waals surface area contributed by atoms with Gasteiger partial charge in [0.25, 0.3) is 0 Å². The summed E-state index contributed by atoms with van der Waals surface area (Å²) in [5.74, 6) is 0. The monoisotopic (exact) mass is 460 g/mol. The van der Waals surface area contributed by atoms with Crippen molar-refractivity contribution in [3.05, 3.63) is 122 Å². The van der Waals surface area contributed by atoms with Gasteiger partial charge in [-0.15, -0.1) is 0 Å². The second-order valence-corrected chi connectivity index (χ2v) is 9.14. The van der Waals surface area contributed by atoms with Crippen LogP contribution in [0.2, 0.25) is 0 Å². The maximum Gasteiger partial charge on any atom is 0.0645 e. The highest BCUT2D eigenvalue weighted by Crippen LogP contribution is 2.54. The van der Waals surface area contributed by atoms with E-state index >= 15 is 0 Å². The van der Waals surface area contributed by atoms with Crippen molar-refractivity contribution in [2.75, 3.05) is 4.90 Å². The molecule has 4 aromatic carbocycles. The third-order valence-corrected chi connectivity index (χ3v) is 7.27. The zero-order valence-electron chi connectivity index (χ0n) is 19.3. The van der Waals surface area contributed by atoms with E-state index in [1.54, 1.807) is 0 Å². The topological polar surface area (TPSA) is 34.0 Å². The molecule has 36 heavy (non-hydrogen) atoms. The van der Waals surface area contributed by atoms with Crippen molar-refractivity contribution in [1.82, 2.24) is 14.5 Å². The van der Waals surface area contributed by atoms with Crippen LogP contribution in [0.5, 0.6) is 0 Å². The summed E-state index contributed by atoms with van der Waals surface area (Å²) in [4.78, 5) is 11.1. The molecule has 4 heterocycles. The van der Waals surface area contributed by atoms with Crippen molar-refractivity contribution >= 4 is 49.6 Å². The van der Waals surface area contributed by atoms with Crippen LogP contribution in [-0.4, -0.2) is 14.5 Å². The summed E-state index contributed by atoms with van der Waals surface area (Å²) in [6.07, 6.45) is 7.50. The quantitative estimate of drug-likeness (QED) is 0.261. The van der Waals surface area contributed by atoms with E-state index < -0.39 is 0 Å². The molecule has 0 N–H and O–H groups in total. The van der Waals surface area contributed by atoms with Crippen LogP contribution in [0.1, 0.15) is 0 Å². The van der Waals surface area contributed by atoms with Crippen molar-refractivity contribution in [3.8, 4) is 16.8 Å². The first-order valence-corrected chi connectivity index (χ1v) is 12.1. The fourth-order valence-electron chi connectivity index (χ4n) is 5.87. The van der Waals surface area contributed by atoms with Gasteiger partial charge in [0.15, 0.2) is 0 Å². The van der Waals surface area contributed by atoms with E-state index in [-0.39, 0.29) is 0 Å². The van der Waals surface area contributed by atoms with Gasteiger partial charge in [-0.3, -0.25) is 9.97 Å². The maximum atomic E-state index is 4.49. The molecule has 0 saturated carbocycles. The lowest BCUT2D eigenvalue weighted by atomic mass is 9.89. The van der Waals surface area contributed by atoms with E-state index in [1.807, 2.05) is 30.9 Å². The highest BCUT2D eigenvalue weighted by atomic mass is 15.2. The number of rotatable bonds is 2. The molecular formula is C32H20N4. The summed E-state index contributed by atoms with van der Waals surface area (Å²) < 4.78 is 2.34. The fourth-order valence-corrected chi connectivity index (χ4v) is 5.87. The number of benzene rings is 4. The Morgan fingerprint density at radius 2 is 1.39 bits per heavy atom. The largest absolute Gasteiger partial charge is 0.309 e. The lowest BCUT2D eigenvalue weighted by Crippen LogP contribution is -2.15. The average molecular weight is 461 g/mol. The minimum atomic E-state index is 1.05. The number of hydrogen-bond acceptors (Lipinski definition) is 3. The lowest BCUT2D eigenvalue weighted by Gasteiger charge is -2.34. The Bertz CT molecular complexity index is 1930. The molecule has 1 aliphatic heterocycles. The van der Waals surface area contributed by atoms with Crippen LogP contribution in [0.3, 0.4) is 0 Å². The van der Waals surface area contributed by atoms with Crippen LogP contribution < -0.4 is 4.90 Å². The van der Waals surface area contributed by atoms with Crippen LogP contribution in [0, 0.1) is 0 Å². The first-order valence-electron chi connectivity index (χ1n) is 12.1. The van der Waals surface area contributed by atoms with Gasteiger partial charge in [0.2, 0.25) is 0 Å². The highest BCUT2D eigenvalue weighted by molar-refractivity contribution is 6.24. The molecule has 8 rings (SSSR count). The normalized spacial score (nSPS) is 12.4. The van der Waals surface area contributed by atoms with E-state index in [1.165, 1.54) is 55.1 Å². The third-order valence-electron chi connectivity index (χ3n) is 7.27. The highest BCUT2D eigenvalue weighted by Gasteiger charge is 2.30. The van der Waals surface area contributed by atoms with Crippen LogP contribution in [0.4, 0.5) is 17.1 Å². The molecule has 0 spiro atoms. The summed E-state index contributed by atoms with van der Waals surface area (Å²) in [5.41, 5.74) is 9.36. The molecule has 0 amide bonds. The van der Waals surface area contributed by atoms with Gasteiger partial charge in [-0.1, -0.05) is 54.6 Å². The molecule has 3 aromatic heterocycles. The van der Waals surface area contributed by atoms with Crippen molar-refractivity contribution in [2.24, 2.45) is 0 Å². The first-order chi connectivity index (χ1) is 17.9. The minimum absolute atomic E-state index is 1.05. The van der Waals surface area contributed by atoms with Crippen molar-refractivity contribution in [1.29, 1.82) is 0 Å². The van der Waals surface area contributed by atoms with Gasteiger partial charge in [-0.25, -0.2) is 0 Å². The second kappa shape index (κ2) is 7.27. The van der Waals surface area contributed by atoms with Gasteiger partial charge >= 0.3 is 0 Å². The SMILES string of the molecule is c1cncc(N2c3cccc4cccc(c34)-c3ccc4c(c32)c2ccccc2n4-c2ccncc2)c1. The lowest BCUT2D eigenvalue weighted by molar-refractivity contribution is 1.15. The van der Waals surface area contributed by atoms with Crippen molar-refractivity contribution in [3.63, 3.8) is 0 Å². The van der Waals surface area contributed by atoms with Crippen LogP contribution in [-0.2, 0) is 0 Å². The zero-order valence-corrected chi connectivity index (χ0v) is 19.3. The predicted octanol–water partition coefficient (Wildman–Crippen LogP) is 8.18. The van der Waals surface area contributed by atoms with Crippen molar-refractivity contribution < 1.29 is 0 Å². The van der Waals surface area contributed by atoms with E-state index in [4.69, 9.17) is 0 Å². The summed E-state index contributed by atoms with van der Waals surface area (Å²) >= 11 is 0. The van der Waals surface area contributed by atoms with Gasteiger partial charge < -0.3 is 9.47 Å². The Kier molecular flexibility index (Phi) is 3.91. The minimum Gasteiger partial charge on any atom is -0.309 e. The van der Waals surface area contributed by atoms with Gasteiger partial charge in [-0.2, -0.15) is 0 Å². The molecule has 0 atom stereocenters. The summed E-state index contributed by atoms with van der Waals surface area (Å²) in [5, 5.41) is 4.97. The van der Waals surface area contributed by atoms with Crippen molar-refractivity contribution in [2.45, 2.75) is 0 Å². The number of nitrogens with zero attached hydrogens (tertiary/aromatic N) is 4. The molecule has 168 valence electrons. The molecule has 0 radical (unpaired) electrons. The number of para-hydroxylation sites is 1. The zero-order chi connectivity index (χ0) is 23.6. The molecule has 0 aliphatic carbocycles. The molecule has 0 bridgehead atoms. The second-order valence-electron chi connectivity index (χ2n) is 9.14.